The van der Waals surface area contributed by atoms with Gasteiger partial charge < -0.3 is 4.42 Å². The summed E-state index contributed by atoms with van der Waals surface area (Å²) < 4.78 is 6.23. The van der Waals surface area contributed by atoms with E-state index in [0.29, 0.717) is 22.5 Å². The van der Waals surface area contributed by atoms with Crippen LogP contribution in [0.25, 0.3) is 56.1 Å². The quantitative estimate of drug-likeness (QED) is 0.291. The first-order valence-corrected chi connectivity index (χ1v) is 10.6. The number of fused-ring (bicyclic) bond motifs is 3. The molecule has 4 aromatic carbocycles. The predicted molar refractivity (Wildman–Crippen MR) is 128 cm³/mol. The summed E-state index contributed by atoms with van der Waals surface area (Å²) in [5, 5.41) is 2.77. The Morgan fingerprint density at radius 3 is 1.94 bits per heavy atom. The van der Waals surface area contributed by atoms with Gasteiger partial charge in [0.05, 0.1) is 5.56 Å². The van der Waals surface area contributed by atoms with Gasteiger partial charge in [0.2, 0.25) is 0 Å². The lowest BCUT2D eigenvalue weighted by molar-refractivity contribution is 0.669. The molecule has 0 aliphatic heterocycles. The van der Waals surface area contributed by atoms with Gasteiger partial charge in [0.15, 0.2) is 17.5 Å². The highest BCUT2D eigenvalue weighted by atomic mass is 35.5. The van der Waals surface area contributed by atoms with Crippen molar-refractivity contribution < 1.29 is 4.42 Å². The van der Waals surface area contributed by atoms with Crippen molar-refractivity contribution >= 4 is 33.5 Å². The molecule has 5 heteroatoms. The zero-order chi connectivity index (χ0) is 21.5. The summed E-state index contributed by atoms with van der Waals surface area (Å²) in [6, 6.07) is 31.5. The van der Waals surface area contributed by atoms with E-state index in [0.717, 1.165) is 38.6 Å². The largest absolute Gasteiger partial charge is 0.455 e. The SMILES string of the molecule is Clc1ccc(-c2nc(-c3ccccc3)nc(-c3cccc4c3oc3ccccc34)n2)cc1. The van der Waals surface area contributed by atoms with Crippen molar-refractivity contribution in [1.29, 1.82) is 0 Å². The van der Waals surface area contributed by atoms with Crippen molar-refractivity contribution in [3.8, 4) is 34.2 Å². The van der Waals surface area contributed by atoms with Crippen LogP contribution in [0.1, 0.15) is 0 Å². The van der Waals surface area contributed by atoms with Gasteiger partial charge in [-0.3, -0.25) is 0 Å². The lowest BCUT2D eigenvalue weighted by atomic mass is 10.1. The third kappa shape index (κ3) is 3.22. The van der Waals surface area contributed by atoms with E-state index < -0.39 is 0 Å². The maximum Gasteiger partial charge on any atom is 0.167 e. The van der Waals surface area contributed by atoms with E-state index in [1.54, 1.807) is 0 Å². The molecular weight excluding hydrogens is 418 g/mol. The Bertz CT molecular complexity index is 1570. The molecule has 152 valence electrons. The average molecular weight is 434 g/mol. The Morgan fingerprint density at radius 1 is 0.531 bits per heavy atom. The molecule has 0 saturated carbocycles. The fraction of sp³-hybridized carbons (Fsp3) is 0. The monoisotopic (exact) mass is 433 g/mol. The number of halogens is 1. The second-order valence-corrected chi connectivity index (χ2v) is 7.90. The summed E-state index contributed by atoms with van der Waals surface area (Å²) in [7, 11) is 0. The van der Waals surface area contributed by atoms with Crippen LogP contribution in [-0.2, 0) is 0 Å². The van der Waals surface area contributed by atoms with Gasteiger partial charge in [-0.2, -0.15) is 0 Å². The van der Waals surface area contributed by atoms with Crippen molar-refractivity contribution in [2.75, 3.05) is 0 Å². The second kappa shape index (κ2) is 7.59. The standard InChI is InChI=1S/C27H16ClN3O/c28-19-15-13-18(14-16-19)26-29-25(17-7-2-1-3-8-17)30-27(31-26)22-11-6-10-21-20-9-4-5-12-23(20)32-24(21)22/h1-16H. The van der Waals surface area contributed by atoms with Gasteiger partial charge in [-0.15, -0.1) is 0 Å². The van der Waals surface area contributed by atoms with Gasteiger partial charge in [0.1, 0.15) is 11.2 Å². The molecule has 0 atom stereocenters. The Hall–Kier alpha value is -4.02. The van der Waals surface area contributed by atoms with Crippen LogP contribution in [0.15, 0.2) is 101 Å². The molecule has 0 fully saturated rings. The number of rotatable bonds is 3. The number of para-hydroxylation sites is 2. The highest BCUT2D eigenvalue weighted by Crippen LogP contribution is 2.35. The van der Waals surface area contributed by atoms with Crippen LogP contribution in [-0.4, -0.2) is 15.0 Å². The smallest absolute Gasteiger partial charge is 0.167 e. The number of aromatic nitrogens is 3. The van der Waals surface area contributed by atoms with E-state index in [-0.39, 0.29) is 0 Å². The van der Waals surface area contributed by atoms with E-state index in [9.17, 15) is 0 Å². The first-order valence-electron chi connectivity index (χ1n) is 10.2. The van der Waals surface area contributed by atoms with Crippen LogP contribution in [0.5, 0.6) is 0 Å². The van der Waals surface area contributed by atoms with Crippen LogP contribution in [0, 0.1) is 0 Å². The Kier molecular flexibility index (Phi) is 4.44. The van der Waals surface area contributed by atoms with E-state index in [2.05, 4.69) is 12.1 Å². The normalized spacial score (nSPS) is 11.3. The zero-order valence-electron chi connectivity index (χ0n) is 16.9. The molecule has 6 aromatic rings. The Labute approximate surface area is 189 Å². The third-order valence-corrected chi connectivity index (χ3v) is 5.67. The van der Waals surface area contributed by atoms with Crippen molar-refractivity contribution in [2.24, 2.45) is 0 Å². The fourth-order valence-corrected chi connectivity index (χ4v) is 3.99. The minimum absolute atomic E-state index is 0.563. The van der Waals surface area contributed by atoms with Gasteiger partial charge in [-0.1, -0.05) is 72.3 Å². The van der Waals surface area contributed by atoms with Crippen LogP contribution < -0.4 is 0 Å². The molecule has 0 amide bonds. The highest BCUT2D eigenvalue weighted by Gasteiger charge is 2.17. The molecule has 2 heterocycles. The molecule has 0 N–H and O–H groups in total. The lowest BCUT2D eigenvalue weighted by Crippen LogP contribution is -2.00. The van der Waals surface area contributed by atoms with Gasteiger partial charge in [0.25, 0.3) is 0 Å². The second-order valence-electron chi connectivity index (χ2n) is 7.46. The molecule has 2 aromatic heterocycles. The van der Waals surface area contributed by atoms with Crippen molar-refractivity contribution in [2.45, 2.75) is 0 Å². The average Bonchev–Trinajstić information content (AvgIpc) is 3.24. The van der Waals surface area contributed by atoms with Gasteiger partial charge in [-0.25, -0.2) is 15.0 Å². The maximum atomic E-state index is 6.23. The maximum absolute atomic E-state index is 6.23. The van der Waals surface area contributed by atoms with Gasteiger partial charge in [0, 0.05) is 26.9 Å². The Morgan fingerprint density at radius 2 is 1.16 bits per heavy atom. The summed E-state index contributed by atoms with van der Waals surface area (Å²) in [5.41, 5.74) is 4.22. The van der Waals surface area contributed by atoms with Crippen LogP contribution in [0.3, 0.4) is 0 Å². The minimum atomic E-state index is 0.563. The first-order chi connectivity index (χ1) is 15.8. The molecule has 4 nitrogen and oxygen atoms in total. The van der Waals surface area contributed by atoms with Crippen molar-refractivity contribution in [3.05, 3.63) is 102 Å². The van der Waals surface area contributed by atoms with Crippen LogP contribution in [0.2, 0.25) is 5.02 Å². The highest BCUT2D eigenvalue weighted by molar-refractivity contribution is 6.30. The molecule has 0 bridgehead atoms. The zero-order valence-corrected chi connectivity index (χ0v) is 17.6. The molecule has 0 radical (unpaired) electrons. The third-order valence-electron chi connectivity index (χ3n) is 5.42. The van der Waals surface area contributed by atoms with Crippen molar-refractivity contribution in [3.63, 3.8) is 0 Å². The topological polar surface area (TPSA) is 51.8 Å². The fourth-order valence-electron chi connectivity index (χ4n) is 3.86. The number of hydrogen-bond donors (Lipinski definition) is 0. The van der Waals surface area contributed by atoms with Crippen molar-refractivity contribution in [1.82, 2.24) is 15.0 Å². The van der Waals surface area contributed by atoms with Gasteiger partial charge >= 0.3 is 0 Å². The number of hydrogen-bond acceptors (Lipinski definition) is 4. The van der Waals surface area contributed by atoms with E-state index in [4.69, 9.17) is 31.0 Å². The van der Waals surface area contributed by atoms with E-state index in [1.807, 2.05) is 84.9 Å². The van der Waals surface area contributed by atoms with Crippen LogP contribution in [0.4, 0.5) is 0 Å². The molecule has 32 heavy (non-hydrogen) atoms. The molecule has 0 aliphatic carbocycles. The lowest BCUT2D eigenvalue weighted by Gasteiger charge is -2.08. The number of nitrogens with zero attached hydrogens (tertiary/aromatic N) is 3. The summed E-state index contributed by atoms with van der Waals surface area (Å²) >= 11 is 6.09. The molecule has 6 rings (SSSR count). The van der Waals surface area contributed by atoms with E-state index in [1.165, 1.54) is 0 Å². The molecule has 0 unspecified atom stereocenters. The number of benzene rings is 4. The first kappa shape index (κ1) is 18.7. The summed E-state index contributed by atoms with van der Waals surface area (Å²) in [6.45, 7) is 0. The Balaban J connectivity index is 1.62. The minimum Gasteiger partial charge on any atom is -0.455 e. The molecular formula is C27H16ClN3O. The molecule has 0 aliphatic rings. The van der Waals surface area contributed by atoms with Crippen LogP contribution >= 0.6 is 11.6 Å². The number of furan rings is 1. The summed E-state index contributed by atoms with van der Waals surface area (Å²) in [6.07, 6.45) is 0. The van der Waals surface area contributed by atoms with E-state index >= 15 is 0 Å². The summed E-state index contributed by atoms with van der Waals surface area (Å²) in [4.78, 5) is 14.4. The molecule has 0 saturated heterocycles. The molecule has 0 spiro atoms. The summed E-state index contributed by atoms with van der Waals surface area (Å²) in [5.74, 6) is 1.75. The van der Waals surface area contributed by atoms with Gasteiger partial charge in [-0.05, 0) is 36.4 Å². The predicted octanol–water partition coefficient (Wildman–Crippen LogP) is 7.43.